The Balaban J connectivity index is 1.37. The number of ether oxygens (including phenoxy) is 1. The average Bonchev–Trinajstić information content (AvgIpc) is 3.53. The Labute approximate surface area is 170 Å². The lowest BCUT2D eigenvalue weighted by atomic mass is 9.95. The van der Waals surface area contributed by atoms with E-state index in [4.69, 9.17) is 4.74 Å². The number of benzene rings is 2. The van der Waals surface area contributed by atoms with Crippen molar-refractivity contribution >= 4 is 18.0 Å². The number of halogens is 1. The molecule has 2 aromatic rings. The van der Waals surface area contributed by atoms with Crippen molar-refractivity contribution in [3.8, 4) is 5.75 Å². The summed E-state index contributed by atoms with van der Waals surface area (Å²) in [6.45, 7) is 2.28. The van der Waals surface area contributed by atoms with Crippen LogP contribution in [0, 0.1) is 11.7 Å². The first-order chi connectivity index (χ1) is 13.8. The maximum Gasteiger partial charge on any atom is 0.123 e. The zero-order chi connectivity index (χ0) is 19.2. The molecule has 3 nitrogen and oxygen atoms in total. The molecular weight excluding hydrogens is 371 g/mol. The standard InChI is InChI=1S/C23H27FN2OS/c24-20-5-1-3-18(13-20)14-23-22-15-21(9-8-19(22)4-2-10-25-23)27-12-11-26-28-16-17-6-7-17/h1-5,8-9,13,15,17,23,25-26H,6-7,10-12,14,16H2. The molecule has 1 heterocycles. The molecule has 0 spiro atoms. The third-order valence-electron chi connectivity index (χ3n) is 5.13. The van der Waals surface area contributed by atoms with Gasteiger partial charge < -0.3 is 10.1 Å². The van der Waals surface area contributed by atoms with Crippen LogP contribution >= 0.6 is 11.9 Å². The van der Waals surface area contributed by atoms with Gasteiger partial charge in [-0.2, -0.15) is 0 Å². The SMILES string of the molecule is Fc1cccc(CC2NCC=Cc3ccc(OCCNSCC4CC4)cc32)c1. The first kappa shape index (κ1) is 19.5. The first-order valence-electron chi connectivity index (χ1n) is 10.0. The molecule has 2 aliphatic rings. The highest BCUT2D eigenvalue weighted by molar-refractivity contribution is 7.97. The summed E-state index contributed by atoms with van der Waals surface area (Å²) < 4.78 is 22.9. The molecule has 0 amide bonds. The van der Waals surface area contributed by atoms with E-state index in [0.717, 1.165) is 36.7 Å². The highest BCUT2D eigenvalue weighted by atomic mass is 32.2. The van der Waals surface area contributed by atoms with Gasteiger partial charge in [0.1, 0.15) is 18.2 Å². The zero-order valence-corrected chi connectivity index (χ0v) is 16.8. The topological polar surface area (TPSA) is 33.3 Å². The molecule has 0 radical (unpaired) electrons. The number of rotatable bonds is 9. The van der Waals surface area contributed by atoms with Crippen molar-refractivity contribution in [3.05, 3.63) is 71.0 Å². The Morgan fingerprint density at radius 1 is 1.18 bits per heavy atom. The van der Waals surface area contributed by atoms with Crippen LogP contribution in [0.15, 0.2) is 48.5 Å². The van der Waals surface area contributed by atoms with Crippen molar-refractivity contribution in [1.82, 2.24) is 10.0 Å². The molecule has 4 rings (SSSR count). The van der Waals surface area contributed by atoms with Crippen molar-refractivity contribution < 1.29 is 9.13 Å². The van der Waals surface area contributed by atoms with Gasteiger partial charge >= 0.3 is 0 Å². The fourth-order valence-corrected chi connectivity index (χ4v) is 4.34. The van der Waals surface area contributed by atoms with E-state index in [1.165, 1.54) is 35.8 Å². The van der Waals surface area contributed by atoms with E-state index < -0.39 is 0 Å². The quantitative estimate of drug-likeness (QED) is 0.472. The van der Waals surface area contributed by atoms with Gasteiger partial charge in [-0.05, 0) is 66.1 Å². The van der Waals surface area contributed by atoms with Crippen LogP contribution in [0.2, 0.25) is 0 Å². The Hall–Kier alpha value is -1.82. The lowest BCUT2D eigenvalue weighted by Crippen LogP contribution is -2.23. The fraction of sp³-hybridized carbons (Fsp3) is 0.391. The number of fused-ring (bicyclic) bond motifs is 1. The van der Waals surface area contributed by atoms with Crippen LogP contribution in [0.1, 0.15) is 35.6 Å². The van der Waals surface area contributed by atoms with Crippen molar-refractivity contribution in [3.63, 3.8) is 0 Å². The third-order valence-corrected chi connectivity index (χ3v) is 6.18. The molecule has 148 valence electrons. The van der Waals surface area contributed by atoms with Crippen molar-refractivity contribution in [2.45, 2.75) is 25.3 Å². The summed E-state index contributed by atoms with van der Waals surface area (Å²) in [4.78, 5) is 0. The highest BCUT2D eigenvalue weighted by Crippen LogP contribution is 2.31. The van der Waals surface area contributed by atoms with E-state index in [9.17, 15) is 4.39 Å². The summed E-state index contributed by atoms with van der Waals surface area (Å²) in [7, 11) is 0. The lowest BCUT2D eigenvalue weighted by Gasteiger charge is -2.20. The molecule has 1 saturated carbocycles. The van der Waals surface area contributed by atoms with E-state index in [2.05, 4.69) is 34.3 Å². The van der Waals surface area contributed by atoms with Crippen LogP contribution in [-0.4, -0.2) is 25.4 Å². The lowest BCUT2D eigenvalue weighted by molar-refractivity contribution is 0.323. The van der Waals surface area contributed by atoms with Gasteiger partial charge in [0.2, 0.25) is 0 Å². The summed E-state index contributed by atoms with van der Waals surface area (Å²) in [6, 6.07) is 13.3. The summed E-state index contributed by atoms with van der Waals surface area (Å²) in [6.07, 6.45) is 7.80. The molecule has 0 bridgehead atoms. The van der Waals surface area contributed by atoms with E-state index in [1.807, 2.05) is 24.1 Å². The molecule has 2 aromatic carbocycles. The number of hydrogen-bond donors (Lipinski definition) is 2. The smallest absolute Gasteiger partial charge is 0.123 e. The van der Waals surface area contributed by atoms with Gasteiger partial charge in [-0.25, -0.2) is 4.39 Å². The van der Waals surface area contributed by atoms with Crippen molar-refractivity contribution in [2.24, 2.45) is 5.92 Å². The predicted molar refractivity (Wildman–Crippen MR) is 115 cm³/mol. The van der Waals surface area contributed by atoms with Gasteiger partial charge in [-0.15, -0.1) is 0 Å². The summed E-state index contributed by atoms with van der Waals surface area (Å²) in [5.74, 6) is 2.83. The Kier molecular flexibility index (Phi) is 6.68. The average molecular weight is 399 g/mol. The van der Waals surface area contributed by atoms with Crippen LogP contribution in [0.3, 0.4) is 0 Å². The highest BCUT2D eigenvalue weighted by Gasteiger charge is 2.20. The summed E-state index contributed by atoms with van der Waals surface area (Å²) >= 11 is 1.81. The largest absolute Gasteiger partial charge is 0.492 e. The predicted octanol–water partition coefficient (Wildman–Crippen LogP) is 4.75. The summed E-state index contributed by atoms with van der Waals surface area (Å²) in [5.41, 5.74) is 3.39. The molecule has 1 atom stereocenters. The number of hydrogen-bond acceptors (Lipinski definition) is 4. The second kappa shape index (κ2) is 9.59. The molecule has 1 unspecified atom stereocenters. The molecule has 0 aromatic heterocycles. The minimum Gasteiger partial charge on any atom is -0.492 e. The molecule has 0 saturated heterocycles. The van der Waals surface area contributed by atoms with E-state index in [0.29, 0.717) is 6.61 Å². The van der Waals surface area contributed by atoms with Crippen LogP contribution < -0.4 is 14.8 Å². The Morgan fingerprint density at radius 3 is 2.96 bits per heavy atom. The van der Waals surface area contributed by atoms with Crippen LogP contribution in [-0.2, 0) is 6.42 Å². The summed E-state index contributed by atoms with van der Waals surface area (Å²) in [5, 5.41) is 3.55. The van der Waals surface area contributed by atoms with Gasteiger partial charge in [0, 0.05) is 24.9 Å². The molecular formula is C23H27FN2OS. The van der Waals surface area contributed by atoms with Gasteiger partial charge in [-0.3, -0.25) is 4.72 Å². The minimum absolute atomic E-state index is 0.127. The maximum atomic E-state index is 13.6. The van der Waals surface area contributed by atoms with Crippen molar-refractivity contribution in [2.75, 3.05) is 25.4 Å². The van der Waals surface area contributed by atoms with Crippen LogP contribution in [0.25, 0.3) is 6.08 Å². The van der Waals surface area contributed by atoms with E-state index >= 15 is 0 Å². The fourth-order valence-electron chi connectivity index (χ4n) is 3.43. The second-order valence-electron chi connectivity index (χ2n) is 7.49. The van der Waals surface area contributed by atoms with Crippen molar-refractivity contribution in [1.29, 1.82) is 0 Å². The molecule has 2 N–H and O–H groups in total. The molecule has 5 heteroatoms. The zero-order valence-electron chi connectivity index (χ0n) is 16.0. The second-order valence-corrected chi connectivity index (χ2v) is 8.40. The molecule has 28 heavy (non-hydrogen) atoms. The van der Waals surface area contributed by atoms with Gasteiger partial charge in [0.15, 0.2) is 0 Å². The Morgan fingerprint density at radius 2 is 2.11 bits per heavy atom. The molecule has 1 aliphatic heterocycles. The van der Waals surface area contributed by atoms with E-state index in [-0.39, 0.29) is 11.9 Å². The minimum atomic E-state index is -0.186. The van der Waals surface area contributed by atoms with Gasteiger partial charge in [0.05, 0.1) is 0 Å². The monoisotopic (exact) mass is 398 g/mol. The van der Waals surface area contributed by atoms with Gasteiger partial charge in [0.25, 0.3) is 0 Å². The van der Waals surface area contributed by atoms with Gasteiger partial charge in [-0.1, -0.05) is 42.3 Å². The van der Waals surface area contributed by atoms with Crippen LogP contribution in [0.5, 0.6) is 5.75 Å². The molecule has 1 aliphatic carbocycles. The van der Waals surface area contributed by atoms with Crippen LogP contribution in [0.4, 0.5) is 4.39 Å². The normalized spacial score (nSPS) is 18.5. The molecule has 1 fully saturated rings. The first-order valence-corrected chi connectivity index (χ1v) is 11.0. The number of nitrogens with one attached hydrogen (secondary N) is 2. The third kappa shape index (κ3) is 5.60. The maximum absolute atomic E-state index is 13.6. The Bertz CT molecular complexity index is 822. The van der Waals surface area contributed by atoms with E-state index in [1.54, 1.807) is 12.1 Å².